The van der Waals surface area contributed by atoms with Crippen molar-refractivity contribution in [2.45, 2.75) is 38.2 Å². The van der Waals surface area contributed by atoms with Crippen molar-refractivity contribution < 1.29 is 15.3 Å². The first-order chi connectivity index (χ1) is 5.18. The summed E-state index contributed by atoms with van der Waals surface area (Å²) < 4.78 is 0. The highest BCUT2D eigenvalue weighted by Gasteiger charge is 2.23. The molecule has 0 amide bonds. The molecule has 0 rings (SSSR count). The maximum Gasteiger partial charge on any atom is 0.0878 e. The zero-order valence-electron chi connectivity index (χ0n) is 7.08. The topological polar surface area (TPSA) is 60.7 Å². The molecule has 0 aromatic carbocycles. The molecular weight excluding hydrogens is 144 g/mol. The molecule has 0 heterocycles. The van der Waals surface area contributed by atoms with E-state index in [2.05, 4.69) is 0 Å². The lowest BCUT2D eigenvalue weighted by molar-refractivity contribution is -0.0322. The normalized spacial score (nSPS) is 16.4. The molecule has 11 heavy (non-hydrogen) atoms. The van der Waals surface area contributed by atoms with Crippen LogP contribution in [0.4, 0.5) is 0 Å². The molecule has 3 heteroatoms. The molecule has 3 nitrogen and oxygen atoms in total. The van der Waals surface area contributed by atoms with Crippen molar-refractivity contribution in [3.05, 3.63) is 0 Å². The highest BCUT2D eigenvalue weighted by atomic mass is 16.3. The summed E-state index contributed by atoms with van der Waals surface area (Å²) in [5, 5.41) is 26.9. The van der Waals surface area contributed by atoms with Gasteiger partial charge in [-0.2, -0.15) is 0 Å². The van der Waals surface area contributed by atoms with Gasteiger partial charge in [0.25, 0.3) is 0 Å². The predicted molar refractivity (Wildman–Crippen MR) is 43.3 cm³/mol. The van der Waals surface area contributed by atoms with Gasteiger partial charge in [0.2, 0.25) is 0 Å². The minimum absolute atomic E-state index is 0.0754. The van der Waals surface area contributed by atoms with Crippen molar-refractivity contribution in [1.82, 2.24) is 0 Å². The molecule has 0 aromatic heterocycles. The van der Waals surface area contributed by atoms with Crippen molar-refractivity contribution in [2.75, 3.05) is 13.2 Å². The molecule has 0 saturated heterocycles. The molecule has 0 aromatic rings. The minimum atomic E-state index is -0.961. The smallest absolute Gasteiger partial charge is 0.0878 e. The summed E-state index contributed by atoms with van der Waals surface area (Å²) in [6.07, 6.45) is 2.48. The summed E-state index contributed by atoms with van der Waals surface area (Å²) in [5.74, 6) is 0. The maximum atomic E-state index is 9.59. The Labute approximate surface area is 67.7 Å². The summed E-state index contributed by atoms with van der Waals surface area (Å²) in [5.41, 5.74) is -0.961. The summed E-state index contributed by atoms with van der Waals surface area (Å²) in [4.78, 5) is 0. The number of hydrogen-bond donors (Lipinski definition) is 3. The van der Waals surface area contributed by atoms with Crippen LogP contribution < -0.4 is 0 Å². The lowest BCUT2D eigenvalue weighted by Gasteiger charge is -2.24. The van der Waals surface area contributed by atoms with Gasteiger partial charge < -0.3 is 15.3 Å². The van der Waals surface area contributed by atoms with Crippen LogP contribution in [-0.4, -0.2) is 34.1 Å². The Hall–Kier alpha value is -0.120. The molecule has 0 aliphatic carbocycles. The van der Waals surface area contributed by atoms with Crippen LogP contribution in [0.25, 0.3) is 0 Å². The molecular formula is C8H18O3. The fraction of sp³-hybridized carbons (Fsp3) is 1.00. The molecule has 0 spiro atoms. The van der Waals surface area contributed by atoms with E-state index in [0.29, 0.717) is 19.3 Å². The van der Waals surface area contributed by atoms with Crippen molar-refractivity contribution in [2.24, 2.45) is 0 Å². The third-order valence-electron chi connectivity index (χ3n) is 1.81. The Morgan fingerprint density at radius 2 is 1.82 bits per heavy atom. The Balaban J connectivity index is 3.68. The van der Waals surface area contributed by atoms with E-state index in [9.17, 15) is 5.11 Å². The first kappa shape index (κ1) is 10.9. The quantitative estimate of drug-likeness (QED) is 0.526. The van der Waals surface area contributed by atoms with Gasteiger partial charge >= 0.3 is 0 Å². The Morgan fingerprint density at radius 1 is 1.18 bits per heavy atom. The van der Waals surface area contributed by atoms with E-state index in [4.69, 9.17) is 10.2 Å². The second-order valence-electron chi connectivity index (χ2n) is 2.96. The van der Waals surface area contributed by atoms with Gasteiger partial charge in [0.05, 0.1) is 12.2 Å². The second-order valence-corrected chi connectivity index (χ2v) is 2.96. The van der Waals surface area contributed by atoms with Gasteiger partial charge in [-0.25, -0.2) is 0 Å². The van der Waals surface area contributed by atoms with E-state index >= 15 is 0 Å². The van der Waals surface area contributed by atoms with Gasteiger partial charge in [-0.15, -0.1) is 0 Å². The number of aliphatic hydroxyl groups is 3. The monoisotopic (exact) mass is 162 g/mol. The Kier molecular flexibility index (Phi) is 5.46. The molecule has 0 saturated carbocycles. The average Bonchev–Trinajstić information content (AvgIpc) is 2.02. The van der Waals surface area contributed by atoms with E-state index in [1.165, 1.54) is 0 Å². The zero-order valence-corrected chi connectivity index (χ0v) is 7.08. The highest BCUT2D eigenvalue weighted by Crippen LogP contribution is 2.18. The van der Waals surface area contributed by atoms with Crippen molar-refractivity contribution in [1.29, 1.82) is 0 Å². The number of aliphatic hydroxyl groups excluding tert-OH is 2. The third-order valence-corrected chi connectivity index (χ3v) is 1.81. The molecule has 3 N–H and O–H groups in total. The first-order valence-corrected chi connectivity index (χ1v) is 4.12. The van der Waals surface area contributed by atoms with Crippen LogP contribution in [0.2, 0.25) is 0 Å². The lowest BCUT2D eigenvalue weighted by Crippen LogP contribution is -2.33. The molecule has 68 valence electrons. The fourth-order valence-electron chi connectivity index (χ4n) is 1.16. The summed E-state index contributed by atoms with van der Waals surface area (Å²) >= 11 is 0. The van der Waals surface area contributed by atoms with E-state index < -0.39 is 5.60 Å². The first-order valence-electron chi connectivity index (χ1n) is 4.12. The fourth-order valence-corrected chi connectivity index (χ4v) is 1.16. The molecule has 0 aliphatic heterocycles. The van der Waals surface area contributed by atoms with Gasteiger partial charge in [-0.05, 0) is 19.3 Å². The van der Waals surface area contributed by atoms with Crippen LogP contribution in [0.1, 0.15) is 32.6 Å². The minimum Gasteiger partial charge on any atom is -0.396 e. The molecule has 0 aliphatic rings. The van der Waals surface area contributed by atoms with E-state index in [1.807, 2.05) is 6.92 Å². The summed E-state index contributed by atoms with van der Waals surface area (Å²) in [6.45, 7) is 1.83. The summed E-state index contributed by atoms with van der Waals surface area (Å²) in [6, 6.07) is 0. The molecule has 1 unspecified atom stereocenters. The zero-order chi connectivity index (χ0) is 8.74. The molecule has 0 fully saturated rings. The Bertz CT molecular complexity index is 95.3. The number of hydrogen-bond acceptors (Lipinski definition) is 3. The average molecular weight is 162 g/mol. The van der Waals surface area contributed by atoms with Crippen LogP contribution in [0, 0.1) is 0 Å². The van der Waals surface area contributed by atoms with Crippen LogP contribution >= 0.6 is 0 Å². The second kappa shape index (κ2) is 5.52. The predicted octanol–water partition coefficient (Wildman–Crippen LogP) is 0.282. The maximum absolute atomic E-state index is 9.59. The Morgan fingerprint density at radius 3 is 2.18 bits per heavy atom. The van der Waals surface area contributed by atoms with Gasteiger partial charge in [-0.1, -0.05) is 13.3 Å². The van der Waals surface area contributed by atoms with Gasteiger partial charge in [0, 0.05) is 6.61 Å². The van der Waals surface area contributed by atoms with E-state index in [-0.39, 0.29) is 13.2 Å². The van der Waals surface area contributed by atoms with Crippen molar-refractivity contribution in [3.8, 4) is 0 Å². The van der Waals surface area contributed by atoms with Crippen LogP contribution in [0.15, 0.2) is 0 Å². The summed E-state index contributed by atoms with van der Waals surface area (Å²) in [7, 11) is 0. The lowest BCUT2D eigenvalue weighted by atomic mass is 9.94. The molecule has 0 radical (unpaired) electrons. The highest BCUT2D eigenvalue weighted by molar-refractivity contribution is 4.76. The van der Waals surface area contributed by atoms with E-state index in [1.54, 1.807) is 0 Å². The van der Waals surface area contributed by atoms with Crippen molar-refractivity contribution in [3.63, 3.8) is 0 Å². The van der Waals surface area contributed by atoms with E-state index in [0.717, 1.165) is 6.42 Å². The van der Waals surface area contributed by atoms with Crippen molar-refractivity contribution >= 4 is 0 Å². The number of rotatable bonds is 6. The van der Waals surface area contributed by atoms with Crippen LogP contribution in [0.5, 0.6) is 0 Å². The third kappa shape index (κ3) is 4.35. The standard InChI is InChI=1S/C8H18O3/c1-2-4-8(11,7-10)5-3-6-9/h9-11H,2-7H2,1H3. The molecule has 0 bridgehead atoms. The van der Waals surface area contributed by atoms with Gasteiger partial charge in [-0.3, -0.25) is 0 Å². The van der Waals surface area contributed by atoms with Gasteiger partial charge in [0.1, 0.15) is 0 Å². The van der Waals surface area contributed by atoms with Crippen LogP contribution in [0.3, 0.4) is 0 Å². The SMILES string of the molecule is CCCC(O)(CO)CCCO. The largest absolute Gasteiger partial charge is 0.396 e. The van der Waals surface area contributed by atoms with Crippen LogP contribution in [-0.2, 0) is 0 Å². The molecule has 1 atom stereocenters. The van der Waals surface area contributed by atoms with Gasteiger partial charge in [0.15, 0.2) is 0 Å².